The van der Waals surface area contributed by atoms with Gasteiger partial charge in [0.25, 0.3) is 0 Å². The first kappa shape index (κ1) is 15.2. The van der Waals surface area contributed by atoms with E-state index < -0.39 is 29.0 Å². The van der Waals surface area contributed by atoms with Crippen molar-refractivity contribution in [3.63, 3.8) is 0 Å². The normalized spacial score (nSPS) is 10.3. The van der Waals surface area contributed by atoms with E-state index >= 15 is 0 Å². The molecule has 0 radical (unpaired) electrons. The second-order valence-corrected chi connectivity index (χ2v) is 4.54. The van der Waals surface area contributed by atoms with Gasteiger partial charge in [-0.25, -0.2) is 17.6 Å². The van der Waals surface area contributed by atoms with Crippen LogP contribution in [0.1, 0.15) is 5.56 Å². The van der Waals surface area contributed by atoms with Crippen LogP contribution in [0.25, 0.3) is 0 Å². The molecule has 7 heteroatoms. The highest BCUT2D eigenvalue weighted by molar-refractivity contribution is 7.80. The SMILES string of the molecule is Fc1cc(F)c(F)c(NC(=S)NCc2ccccc2)c1F. The zero-order chi connectivity index (χ0) is 15.4. The van der Waals surface area contributed by atoms with Crippen LogP contribution in [0.5, 0.6) is 0 Å². The lowest BCUT2D eigenvalue weighted by Crippen LogP contribution is -2.29. The van der Waals surface area contributed by atoms with Gasteiger partial charge in [0.15, 0.2) is 28.4 Å². The molecule has 0 aliphatic carbocycles. The van der Waals surface area contributed by atoms with Crippen molar-refractivity contribution in [3.05, 3.63) is 65.2 Å². The summed E-state index contributed by atoms with van der Waals surface area (Å²) in [5.74, 6) is -6.06. The van der Waals surface area contributed by atoms with E-state index in [1.165, 1.54) is 0 Å². The Balaban J connectivity index is 2.07. The molecule has 0 aromatic heterocycles. The van der Waals surface area contributed by atoms with Crippen molar-refractivity contribution in [3.8, 4) is 0 Å². The average molecular weight is 314 g/mol. The first-order valence-electron chi connectivity index (χ1n) is 5.91. The van der Waals surface area contributed by atoms with Crippen LogP contribution < -0.4 is 10.6 Å². The van der Waals surface area contributed by atoms with Gasteiger partial charge in [0, 0.05) is 12.6 Å². The molecule has 0 aliphatic rings. The van der Waals surface area contributed by atoms with Crippen molar-refractivity contribution >= 4 is 23.0 Å². The van der Waals surface area contributed by atoms with Crippen molar-refractivity contribution < 1.29 is 17.6 Å². The maximum absolute atomic E-state index is 13.4. The van der Waals surface area contributed by atoms with Crippen LogP contribution in [0.3, 0.4) is 0 Å². The van der Waals surface area contributed by atoms with Gasteiger partial charge in [-0.2, -0.15) is 0 Å². The van der Waals surface area contributed by atoms with Gasteiger partial charge in [-0.15, -0.1) is 0 Å². The van der Waals surface area contributed by atoms with Crippen LogP contribution in [0.2, 0.25) is 0 Å². The van der Waals surface area contributed by atoms with Crippen LogP contribution in [-0.2, 0) is 6.54 Å². The first-order chi connectivity index (χ1) is 9.99. The van der Waals surface area contributed by atoms with Crippen molar-refractivity contribution in [2.45, 2.75) is 6.54 Å². The third-order valence-electron chi connectivity index (χ3n) is 2.65. The van der Waals surface area contributed by atoms with E-state index in [-0.39, 0.29) is 11.2 Å². The topological polar surface area (TPSA) is 24.1 Å². The van der Waals surface area contributed by atoms with Crippen LogP contribution in [-0.4, -0.2) is 5.11 Å². The molecular formula is C14H10F4N2S. The fraction of sp³-hybridized carbons (Fsp3) is 0.0714. The smallest absolute Gasteiger partial charge is 0.185 e. The van der Waals surface area contributed by atoms with E-state index in [4.69, 9.17) is 12.2 Å². The summed E-state index contributed by atoms with van der Waals surface area (Å²) in [6, 6.07) is 9.23. The standard InChI is InChI=1S/C14H10F4N2S/c15-9-6-10(16)12(18)13(11(9)17)20-14(21)19-7-8-4-2-1-3-5-8/h1-6H,7H2,(H2,19,20,21). The molecule has 2 aromatic rings. The summed E-state index contributed by atoms with van der Waals surface area (Å²) in [6.45, 7) is 0.299. The molecule has 0 atom stereocenters. The third kappa shape index (κ3) is 3.69. The minimum absolute atomic E-state index is 0.135. The molecular weight excluding hydrogens is 304 g/mol. The zero-order valence-electron chi connectivity index (χ0n) is 10.6. The highest BCUT2D eigenvalue weighted by Crippen LogP contribution is 2.23. The summed E-state index contributed by atoms with van der Waals surface area (Å²) in [5, 5.41) is 4.65. The highest BCUT2D eigenvalue weighted by atomic mass is 32.1. The van der Waals surface area contributed by atoms with Gasteiger partial charge in [0.1, 0.15) is 5.69 Å². The number of thiocarbonyl (C=S) groups is 1. The third-order valence-corrected chi connectivity index (χ3v) is 2.89. The lowest BCUT2D eigenvalue weighted by atomic mass is 10.2. The fourth-order valence-electron chi connectivity index (χ4n) is 1.62. The van der Waals surface area contributed by atoms with E-state index in [0.717, 1.165) is 5.56 Å². The van der Waals surface area contributed by atoms with Crippen molar-refractivity contribution in [1.29, 1.82) is 0 Å². The number of anilines is 1. The van der Waals surface area contributed by atoms with E-state index in [1.54, 1.807) is 0 Å². The highest BCUT2D eigenvalue weighted by Gasteiger charge is 2.19. The van der Waals surface area contributed by atoms with Crippen LogP contribution in [0.4, 0.5) is 23.2 Å². The molecule has 0 saturated heterocycles. The summed E-state index contributed by atoms with van der Waals surface area (Å²) in [6.07, 6.45) is 0. The Labute approximate surface area is 123 Å². The maximum atomic E-state index is 13.4. The summed E-state index contributed by atoms with van der Waals surface area (Å²) in [4.78, 5) is 0. The fourth-order valence-corrected chi connectivity index (χ4v) is 1.79. The van der Waals surface area contributed by atoms with E-state index in [2.05, 4.69) is 10.6 Å². The quantitative estimate of drug-likeness (QED) is 0.513. The largest absolute Gasteiger partial charge is 0.358 e. The summed E-state index contributed by atoms with van der Waals surface area (Å²) >= 11 is 4.84. The molecule has 0 amide bonds. The Hall–Kier alpha value is -2.15. The molecule has 110 valence electrons. The molecule has 0 heterocycles. The minimum Gasteiger partial charge on any atom is -0.358 e. The lowest BCUT2D eigenvalue weighted by molar-refractivity contribution is 0.459. The van der Waals surface area contributed by atoms with Gasteiger partial charge < -0.3 is 10.6 Å². The lowest BCUT2D eigenvalue weighted by Gasteiger charge is -2.12. The van der Waals surface area contributed by atoms with Gasteiger partial charge in [-0.1, -0.05) is 30.3 Å². The van der Waals surface area contributed by atoms with Gasteiger partial charge in [0.2, 0.25) is 0 Å². The van der Waals surface area contributed by atoms with E-state index in [0.29, 0.717) is 6.54 Å². The van der Waals surface area contributed by atoms with Crippen LogP contribution >= 0.6 is 12.2 Å². The molecule has 2 rings (SSSR count). The minimum atomic E-state index is -1.53. The summed E-state index contributed by atoms with van der Waals surface area (Å²) in [7, 11) is 0. The zero-order valence-corrected chi connectivity index (χ0v) is 11.4. The molecule has 2 aromatic carbocycles. The van der Waals surface area contributed by atoms with Crippen molar-refractivity contribution in [2.75, 3.05) is 5.32 Å². The molecule has 2 N–H and O–H groups in total. The summed E-state index contributed by atoms with van der Waals surface area (Å²) < 4.78 is 52.9. The second kappa shape index (κ2) is 6.53. The molecule has 21 heavy (non-hydrogen) atoms. The Morgan fingerprint density at radius 3 is 2.10 bits per heavy atom. The molecule has 0 fully saturated rings. The van der Waals surface area contributed by atoms with Crippen molar-refractivity contribution in [2.24, 2.45) is 0 Å². The number of hydrogen-bond donors (Lipinski definition) is 2. The number of hydrogen-bond acceptors (Lipinski definition) is 1. The first-order valence-corrected chi connectivity index (χ1v) is 6.31. The monoisotopic (exact) mass is 314 g/mol. The van der Waals surface area contributed by atoms with E-state index in [9.17, 15) is 17.6 Å². The van der Waals surface area contributed by atoms with Gasteiger partial charge in [0.05, 0.1) is 0 Å². The number of rotatable bonds is 3. The molecule has 0 aliphatic heterocycles. The predicted octanol–water partition coefficient (Wildman–Crippen LogP) is 3.73. The van der Waals surface area contributed by atoms with Gasteiger partial charge in [-0.05, 0) is 17.8 Å². The van der Waals surface area contributed by atoms with Gasteiger partial charge in [-0.3, -0.25) is 0 Å². The molecule has 0 unspecified atom stereocenters. The Morgan fingerprint density at radius 2 is 1.52 bits per heavy atom. The molecule has 0 spiro atoms. The van der Waals surface area contributed by atoms with E-state index in [1.807, 2.05) is 30.3 Å². The van der Waals surface area contributed by atoms with Crippen molar-refractivity contribution in [1.82, 2.24) is 5.32 Å². The number of benzene rings is 2. The Kier molecular flexibility index (Phi) is 4.74. The Morgan fingerprint density at radius 1 is 0.952 bits per heavy atom. The second-order valence-electron chi connectivity index (χ2n) is 4.14. The van der Waals surface area contributed by atoms with Gasteiger partial charge >= 0.3 is 0 Å². The van der Waals surface area contributed by atoms with Crippen LogP contribution in [0.15, 0.2) is 36.4 Å². The number of nitrogens with one attached hydrogen (secondary N) is 2. The maximum Gasteiger partial charge on any atom is 0.185 e. The Bertz CT molecular complexity index is 636. The average Bonchev–Trinajstić information content (AvgIpc) is 2.48. The molecule has 2 nitrogen and oxygen atoms in total. The molecule has 0 bridgehead atoms. The molecule has 0 saturated carbocycles. The van der Waals surface area contributed by atoms with Crippen LogP contribution in [0, 0.1) is 23.3 Å². The number of halogens is 4. The summed E-state index contributed by atoms with van der Waals surface area (Å²) in [5.41, 5.74) is -0.0777. The predicted molar refractivity (Wildman–Crippen MR) is 75.8 cm³/mol.